The summed E-state index contributed by atoms with van der Waals surface area (Å²) in [5.74, 6) is -2.72. The average molecular weight is 432 g/mol. The van der Waals surface area contributed by atoms with Gasteiger partial charge in [-0.25, -0.2) is 4.79 Å². The van der Waals surface area contributed by atoms with Crippen molar-refractivity contribution >= 4 is 41.4 Å². The summed E-state index contributed by atoms with van der Waals surface area (Å²) in [7, 11) is 0. The van der Waals surface area contributed by atoms with Gasteiger partial charge in [0.2, 0.25) is 23.6 Å². The number of hydrogen-bond acceptors (Lipinski definition) is 7. The Morgan fingerprint density at radius 2 is 1.90 bits per heavy atom. The molecule has 0 spiro atoms. The van der Waals surface area contributed by atoms with Gasteiger partial charge in [-0.2, -0.15) is 11.8 Å². The summed E-state index contributed by atoms with van der Waals surface area (Å²) in [6, 6.07) is -2.78. The van der Waals surface area contributed by atoms with Crippen LogP contribution in [0.2, 0.25) is 0 Å². The van der Waals surface area contributed by atoms with Crippen LogP contribution in [0.15, 0.2) is 0 Å². The molecule has 164 valence electrons. The fraction of sp³-hybridized carbons (Fsp3) is 0.706. The lowest BCUT2D eigenvalue weighted by Gasteiger charge is -2.23. The Balaban J connectivity index is 2.61. The Morgan fingerprint density at radius 1 is 1.21 bits per heavy atom. The second kappa shape index (κ2) is 12.3. The lowest BCUT2D eigenvalue weighted by molar-refractivity contribution is -0.148. The second-order valence-corrected chi connectivity index (χ2v) is 7.74. The minimum absolute atomic E-state index is 0.0503. The maximum absolute atomic E-state index is 12.5. The number of carboxylic acid groups (broad SMARTS) is 1. The van der Waals surface area contributed by atoms with E-state index >= 15 is 0 Å². The van der Waals surface area contributed by atoms with Crippen molar-refractivity contribution in [3.05, 3.63) is 0 Å². The maximum atomic E-state index is 12.5. The number of rotatable bonds is 12. The molecule has 3 unspecified atom stereocenters. The molecule has 0 aliphatic carbocycles. The molecule has 0 saturated carbocycles. The van der Waals surface area contributed by atoms with Gasteiger partial charge >= 0.3 is 5.97 Å². The van der Waals surface area contributed by atoms with Crippen LogP contribution < -0.4 is 22.1 Å². The van der Waals surface area contributed by atoms with Crippen LogP contribution in [0.3, 0.4) is 0 Å². The molecule has 0 aromatic rings. The molecule has 1 saturated heterocycles. The number of nitrogens with zero attached hydrogens (tertiary/aromatic N) is 1. The van der Waals surface area contributed by atoms with Crippen LogP contribution in [0.4, 0.5) is 0 Å². The number of carboxylic acids is 1. The SMILES string of the molecule is CSCCC(NC(=O)C(N)CCC(N)=O)C(=O)NCC(=O)N1CCCC1C(=O)O. The molecule has 29 heavy (non-hydrogen) atoms. The number of aliphatic carboxylic acids is 1. The number of nitrogens with one attached hydrogen (secondary N) is 2. The predicted molar refractivity (Wildman–Crippen MR) is 107 cm³/mol. The molecule has 7 N–H and O–H groups in total. The highest BCUT2D eigenvalue weighted by Gasteiger charge is 2.34. The molecule has 1 rings (SSSR count). The smallest absolute Gasteiger partial charge is 0.326 e. The summed E-state index contributed by atoms with van der Waals surface area (Å²) in [5.41, 5.74) is 10.8. The maximum Gasteiger partial charge on any atom is 0.326 e. The normalized spacial score (nSPS) is 18.0. The van der Waals surface area contributed by atoms with E-state index in [1.54, 1.807) is 0 Å². The Kier molecular flexibility index (Phi) is 10.5. The number of carbonyl (C=O) groups is 5. The molecule has 0 radical (unpaired) electrons. The number of hydrogen-bond donors (Lipinski definition) is 5. The number of nitrogens with two attached hydrogens (primary N) is 2. The van der Waals surface area contributed by atoms with Crippen LogP contribution in [-0.4, -0.2) is 82.8 Å². The highest BCUT2D eigenvalue weighted by atomic mass is 32.2. The van der Waals surface area contributed by atoms with Crippen LogP contribution in [0.5, 0.6) is 0 Å². The first-order valence-electron chi connectivity index (χ1n) is 9.30. The van der Waals surface area contributed by atoms with Crippen molar-refractivity contribution in [1.82, 2.24) is 15.5 Å². The predicted octanol–water partition coefficient (Wildman–Crippen LogP) is -1.99. The molecule has 3 atom stereocenters. The number of primary amides is 1. The molecule has 1 aliphatic rings. The number of likely N-dealkylation sites (tertiary alicyclic amines) is 1. The van der Waals surface area contributed by atoms with E-state index in [9.17, 15) is 24.0 Å². The van der Waals surface area contributed by atoms with Crippen LogP contribution >= 0.6 is 11.8 Å². The van der Waals surface area contributed by atoms with E-state index in [-0.39, 0.29) is 19.4 Å². The van der Waals surface area contributed by atoms with Crippen molar-refractivity contribution in [2.45, 2.75) is 50.2 Å². The van der Waals surface area contributed by atoms with Gasteiger partial charge in [0.15, 0.2) is 0 Å². The molecule has 12 heteroatoms. The molecule has 1 fully saturated rings. The minimum Gasteiger partial charge on any atom is -0.480 e. The zero-order chi connectivity index (χ0) is 22.0. The fourth-order valence-electron chi connectivity index (χ4n) is 2.92. The first-order chi connectivity index (χ1) is 13.7. The molecule has 0 aromatic carbocycles. The molecule has 0 bridgehead atoms. The van der Waals surface area contributed by atoms with Gasteiger partial charge in [-0.15, -0.1) is 0 Å². The number of amides is 4. The van der Waals surface area contributed by atoms with Gasteiger partial charge in [-0.1, -0.05) is 0 Å². The van der Waals surface area contributed by atoms with Crippen molar-refractivity contribution in [2.24, 2.45) is 11.5 Å². The van der Waals surface area contributed by atoms with Crippen LogP contribution in [0.1, 0.15) is 32.1 Å². The van der Waals surface area contributed by atoms with Crippen molar-refractivity contribution in [2.75, 3.05) is 25.1 Å². The Labute approximate surface area is 173 Å². The Bertz CT molecular complexity index is 631. The van der Waals surface area contributed by atoms with E-state index < -0.39 is 47.7 Å². The highest BCUT2D eigenvalue weighted by molar-refractivity contribution is 7.98. The first-order valence-corrected chi connectivity index (χ1v) is 10.7. The zero-order valence-corrected chi connectivity index (χ0v) is 17.2. The molecule has 1 heterocycles. The largest absolute Gasteiger partial charge is 0.480 e. The van der Waals surface area contributed by atoms with Gasteiger partial charge in [0.1, 0.15) is 12.1 Å². The van der Waals surface area contributed by atoms with Crippen molar-refractivity contribution in [3.8, 4) is 0 Å². The third kappa shape index (κ3) is 8.28. The average Bonchev–Trinajstić information content (AvgIpc) is 3.17. The summed E-state index contributed by atoms with van der Waals surface area (Å²) in [5, 5.41) is 14.1. The summed E-state index contributed by atoms with van der Waals surface area (Å²) in [6.07, 6.45) is 3.14. The monoisotopic (exact) mass is 431 g/mol. The number of carbonyl (C=O) groups excluding carboxylic acids is 4. The van der Waals surface area contributed by atoms with E-state index in [0.717, 1.165) is 0 Å². The quantitative estimate of drug-likeness (QED) is 0.235. The molecule has 11 nitrogen and oxygen atoms in total. The lowest BCUT2D eigenvalue weighted by Crippen LogP contribution is -2.53. The van der Waals surface area contributed by atoms with E-state index in [1.807, 2.05) is 6.26 Å². The Morgan fingerprint density at radius 3 is 2.48 bits per heavy atom. The third-order valence-electron chi connectivity index (χ3n) is 4.55. The van der Waals surface area contributed by atoms with Gasteiger partial charge in [-0.3, -0.25) is 19.2 Å². The van der Waals surface area contributed by atoms with Gasteiger partial charge in [-0.05, 0) is 37.7 Å². The van der Waals surface area contributed by atoms with Crippen LogP contribution in [-0.2, 0) is 24.0 Å². The van der Waals surface area contributed by atoms with Crippen LogP contribution in [0.25, 0.3) is 0 Å². The number of thioether (sulfide) groups is 1. The topological polar surface area (TPSA) is 185 Å². The molecular weight excluding hydrogens is 402 g/mol. The Hall–Kier alpha value is -2.34. The van der Waals surface area contributed by atoms with Crippen molar-refractivity contribution in [1.29, 1.82) is 0 Å². The zero-order valence-electron chi connectivity index (χ0n) is 16.4. The van der Waals surface area contributed by atoms with E-state index in [1.165, 1.54) is 16.7 Å². The van der Waals surface area contributed by atoms with Crippen molar-refractivity contribution < 1.29 is 29.1 Å². The molecule has 4 amide bonds. The van der Waals surface area contributed by atoms with Gasteiger partial charge < -0.3 is 32.1 Å². The first kappa shape index (κ1) is 24.7. The highest BCUT2D eigenvalue weighted by Crippen LogP contribution is 2.17. The van der Waals surface area contributed by atoms with Crippen LogP contribution in [0, 0.1) is 0 Å². The van der Waals surface area contributed by atoms with Crippen molar-refractivity contribution in [3.63, 3.8) is 0 Å². The third-order valence-corrected chi connectivity index (χ3v) is 5.20. The van der Waals surface area contributed by atoms with E-state index in [4.69, 9.17) is 16.6 Å². The molecule has 0 aromatic heterocycles. The fourth-order valence-corrected chi connectivity index (χ4v) is 3.39. The van der Waals surface area contributed by atoms with E-state index in [0.29, 0.717) is 31.6 Å². The summed E-state index contributed by atoms with van der Waals surface area (Å²) < 4.78 is 0. The summed E-state index contributed by atoms with van der Waals surface area (Å²) in [4.78, 5) is 60.2. The molecular formula is C17H29N5O6S. The molecule has 1 aliphatic heterocycles. The van der Waals surface area contributed by atoms with E-state index in [2.05, 4.69) is 10.6 Å². The summed E-state index contributed by atoms with van der Waals surface area (Å²) in [6.45, 7) is -0.0327. The lowest BCUT2D eigenvalue weighted by atomic mass is 10.1. The second-order valence-electron chi connectivity index (χ2n) is 6.76. The standard InChI is InChI=1S/C17H29N5O6S/c1-29-8-6-11(21-15(25)10(18)4-5-13(19)23)16(26)20-9-14(24)22-7-2-3-12(22)17(27)28/h10-12H,2-9,18H2,1H3,(H2,19,23)(H,20,26)(H,21,25)(H,27,28). The minimum atomic E-state index is -1.07. The van der Waals surface area contributed by atoms with Gasteiger partial charge in [0.05, 0.1) is 12.6 Å². The van der Waals surface area contributed by atoms with Gasteiger partial charge in [0.25, 0.3) is 0 Å². The summed E-state index contributed by atoms with van der Waals surface area (Å²) >= 11 is 1.48. The van der Waals surface area contributed by atoms with Gasteiger partial charge in [0, 0.05) is 13.0 Å².